The zero-order valence-corrected chi connectivity index (χ0v) is 11.0. The Morgan fingerprint density at radius 2 is 2.00 bits per heavy atom. The summed E-state index contributed by atoms with van der Waals surface area (Å²) in [6, 6.07) is 4.70. The van der Waals surface area contributed by atoms with Crippen molar-refractivity contribution in [3.8, 4) is 0 Å². The van der Waals surface area contributed by atoms with Crippen molar-refractivity contribution >= 4 is 35.0 Å². The van der Waals surface area contributed by atoms with Gasteiger partial charge in [0.25, 0.3) is 0 Å². The highest BCUT2D eigenvalue weighted by atomic mass is 35.5. The van der Waals surface area contributed by atoms with Crippen LogP contribution in [0.3, 0.4) is 0 Å². The van der Waals surface area contributed by atoms with E-state index in [9.17, 15) is 4.79 Å². The largest absolute Gasteiger partial charge is 0.447 e. The smallest absolute Gasteiger partial charge is 0.411 e. The summed E-state index contributed by atoms with van der Waals surface area (Å²) in [5.74, 6) is 0. The quantitative estimate of drug-likeness (QED) is 0.791. The monoisotopic (exact) mass is 293 g/mol. The van der Waals surface area contributed by atoms with Gasteiger partial charge in [-0.15, -0.1) is 0 Å². The van der Waals surface area contributed by atoms with Gasteiger partial charge in [-0.3, -0.25) is 5.32 Å². The SMILES string of the molecule is O=C(Nc1ccc(Cl)c(Cl)c1)OCCOCCO. The molecule has 18 heavy (non-hydrogen) atoms. The number of aliphatic hydroxyl groups is 1. The maximum absolute atomic E-state index is 11.3. The minimum absolute atomic E-state index is 0.0600. The minimum atomic E-state index is -0.610. The molecule has 0 atom stereocenters. The Balaban J connectivity index is 2.29. The van der Waals surface area contributed by atoms with Gasteiger partial charge >= 0.3 is 6.09 Å². The first-order chi connectivity index (χ1) is 8.63. The van der Waals surface area contributed by atoms with E-state index in [0.717, 1.165) is 0 Å². The Bertz CT molecular complexity index is 401. The molecule has 0 saturated carbocycles. The number of rotatable bonds is 6. The molecule has 0 spiro atoms. The minimum Gasteiger partial charge on any atom is -0.447 e. The zero-order chi connectivity index (χ0) is 13.4. The van der Waals surface area contributed by atoms with Crippen molar-refractivity contribution in [2.45, 2.75) is 0 Å². The maximum atomic E-state index is 11.3. The number of ether oxygens (including phenoxy) is 2. The third-order valence-electron chi connectivity index (χ3n) is 1.86. The van der Waals surface area contributed by atoms with Gasteiger partial charge in [-0.05, 0) is 18.2 Å². The molecular formula is C11H13Cl2NO4. The Hall–Kier alpha value is -1.01. The molecule has 0 aliphatic carbocycles. The van der Waals surface area contributed by atoms with Crippen LogP contribution in [0.4, 0.5) is 10.5 Å². The number of halogens is 2. The molecule has 0 fully saturated rings. The molecule has 7 heteroatoms. The van der Waals surface area contributed by atoms with E-state index in [1.807, 2.05) is 0 Å². The number of benzene rings is 1. The maximum Gasteiger partial charge on any atom is 0.411 e. The second kappa shape index (κ2) is 8.16. The van der Waals surface area contributed by atoms with E-state index in [1.54, 1.807) is 12.1 Å². The van der Waals surface area contributed by atoms with Crippen molar-refractivity contribution in [3.63, 3.8) is 0 Å². The van der Waals surface area contributed by atoms with Gasteiger partial charge in [0, 0.05) is 5.69 Å². The van der Waals surface area contributed by atoms with Gasteiger partial charge in [0.15, 0.2) is 0 Å². The number of anilines is 1. The number of hydrogen-bond acceptors (Lipinski definition) is 4. The lowest BCUT2D eigenvalue weighted by Gasteiger charge is -2.07. The normalized spacial score (nSPS) is 10.2. The lowest BCUT2D eigenvalue weighted by molar-refractivity contribution is 0.0572. The molecule has 0 radical (unpaired) electrons. The standard InChI is InChI=1S/C11H13Cl2NO4/c12-9-2-1-8(7-10(9)13)14-11(16)18-6-5-17-4-3-15/h1-2,7,15H,3-6H2,(H,14,16). The molecule has 0 bridgehead atoms. The number of carbonyl (C=O) groups is 1. The molecule has 0 aromatic heterocycles. The fourth-order valence-corrected chi connectivity index (χ4v) is 1.39. The first-order valence-corrected chi connectivity index (χ1v) is 5.96. The molecule has 1 aromatic rings. The van der Waals surface area contributed by atoms with Crippen molar-refractivity contribution in [1.29, 1.82) is 0 Å². The highest BCUT2D eigenvalue weighted by molar-refractivity contribution is 6.42. The summed E-state index contributed by atoms with van der Waals surface area (Å²) < 4.78 is 9.75. The molecule has 1 amide bonds. The summed E-state index contributed by atoms with van der Waals surface area (Å²) in [6.45, 7) is 0.496. The molecular weight excluding hydrogens is 281 g/mol. The summed E-state index contributed by atoms with van der Waals surface area (Å²) >= 11 is 11.5. The van der Waals surface area contributed by atoms with E-state index < -0.39 is 6.09 Å². The van der Waals surface area contributed by atoms with Gasteiger partial charge in [-0.25, -0.2) is 4.79 Å². The number of nitrogens with one attached hydrogen (secondary N) is 1. The predicted molar refractivity (Wildman–Crippen MR) is 69.3 cm³/mol. The number of aliphatic hydroxyl groups excluding tert-OH is 1. The summed E-state index contributed by atoms with van der Waals surface area (Å²) in [6.07, 6.45) is -0.610. The highest BCUT2D eigenvalue weighted by Gasteiger charge is 2.05. The van der Waals surface area contributed by atoms with Crippen LogP contribution >= 0.6 is 23.2 Å². The van der Waals surface area contributed by atoms with Gasteiger partial charge in [0.05, 0.1) is 29.9 Å². The number of amides is 1. The van der Waals surface area contributed by atoms with Crippen LogP contribution in [0.1, 0.15) is 0 Å². The molecule has 2 N–H and O–H groups in total. The van der Waals surface area contributed by atoms with Crippen LogP contribution in [0.5, 0.6) is 0 Å². The third-order valence-corrected chi connectivity index (χ3v) is 2.60. The van der Waals surface area contributed by atoms with Crippen molar-refractivity contribution in [2.75, 3.05) is 31.7 Å². The first-order valence-electron chi connectivity index (χ1n) is 5.21. The molecule has 0 heterocycles. The number of hydrogen-bond donors (Lipinski definition) is 2. The van der Waals surface area contributed by atoms with Gasteiger partial charge in [-0.2, -0.15) is 0 Å². The summed E-state index contributed by atoms with van der Waals surface area (Å²) in [5, 5.41) is 11.7. The van der Waals surface area contributed by atoms with Gasteiger partial charge in [0.1, 0.15) is 6.61 Å². The second-order valence-corrected chi connectivity index (χ2v) is 4.04. The van der Waals surface area contributed by atoms with E-state index in [2.05, 4.69) is 5.32 Å². The molecule has 0 aliphatic heterocycles. The van der Waals surface area contributed by atoms with Crippen molar-refractivity contribution in [1.82, 2.24) is 0 Å². The van der Waals surface area contributed by atoms with Crippen molar-refractivity contribution in [2.24, 2.45) is 0 Å². The molecule has 0 aliphatic rings. The lowest BCUT2D eigenvalue weighted by atomic mass is 10.3. The Kier molecular flexibility index (Phi) is 6.82. The molecule has 100 valence electrons. The van der Waals surface area contributed by atoms with E-state index in [1.165, 1.54) is 6.07 Å². The zero-order valence-electron chi connectivity index (χ0n) is 9.49. The van der Waals surface area contributed by atoms with Crippen LogP contribution in [-0.2, 0) is 9.47 Å². The summed E-state index contributed by atoms with van der Waals surface area (Å²) in [5.41, 5.74) is 0.491. The predicted octanol–water partition coefficient (Wildman–Crippen LogP) is 2.55. The average molecular weight is 294 g/mol. The molecule has 0 saturated heterocycles. The van der Waals surface area contributed by atoms with Crippen LogP contribution in [0, 0.1) is 0 Å². The molecule has 1 rings (SSSR count). The van der Waals surface area contributed by atoms with E-state index in [-0.39, 0.29) is 26.4 Å². The van der Waals surface area contributed by atoms with Crippen LogP contribution in [0.15, 0.2) is 18.2 Å². The summed E-state index contributed by atoms with van der Waals surface area (Å²) in [7, 11) is 0. The average Bonchev–Trinajstić information content (AvgIpc) is 2.34. The second-order valence-electron chi connectivity index (χ2n) is 3.23. The van der Waals surface area contributed by atoms with Crippen molar-refractivity contribution in [3.05, 3.63) is 28.2 Å². The molecule has 1 aromatic carbocycles. The Labute approximate surface area is 115 Å². The topological polar surface area (TPSA) is 67.8 Å². The highest BCUT2D eigenvalue weighted by Crippen LogP contribution is 2.24. The molecule has 5 nitrogen and oxygen atoms in total. The number of carbonyl (C=O) groups excluding carboxylic acids is 1. The third kappa shape index (κ3) is 5.55. The van der Waals surface area contributed by atoms with Gasteiger partial charge in [0.2, 0.25) is 0 Å². The first kappa shape index (κ1) is 15.0. The molecule has 0 unspecified atom stereocenters. The van der Waals surface area contributed by atoms with Crippen molar-refractivity contribution < 1.29 is 19.4 Å². The fourth-order valence-electron chi connectivity index (χ4n) is 1.09. The van der Waals surface area contributed by atoms with Crippen LogP contribution in [0.25, 0.3) is 0 Å². The Morgan fingerprint density at radius 1 is 1.22 bits per heavy atom. The van der Waals surface area contributed by atoms with Crippen LogP contribution < -0.4 is 5.32 Å². The van der Waals surface area contributed by atoms with Gasteiger partial charge < -0.3 is 14.6 Å². The lowest BCUT2D eigenvalue weighted by Crippen LogP contribution is -2.17. The fraction of sp³-hybridized carbons (Fsp3) is 0.364. The Morgan fingerprint density at radius 3 is 2.67 bits per heavy atom. The van der Waals surface area contributed by atoms with Gasteiger partial charge in [-0.1, -0.05) is 23.2 Å². The van der Waals surface area contributed by atoms with Crippen LogP contribution in [-0.4, -0.2) is 37.6 Å². The summed E-state index contributed by atoms with van der Waals surface area (Å²) in [4.78, 5) is 11.3. The van der Waals surface area contributed by atoms with E-state index >= 15 is 0 Å². The van der Waals surface area contributed by atoms with E-state index in [0.29, 0.717) is 15.7 Å². The van der Waals surface area contributed by atoms with E-state index in [4.69, 9.17) is 37.8 Å². The van der Waals surface area contributed by atoms with Crippen LogP contribution in [0.2, 0.25) is 10.0 Å².